The minimum Gasteiger partial charge on any atom is -0.468 e. The standard InChI is InChI=1S/C14H16ClNO2/c1-16(9-11-5-4-8-18-11)10-14(17)12-6-2-3-7-13(12)15/h2-8,14,17H,9-10H2,1H3/t14-/m0/s1. The summed E-state index contributed by atoms with van der Waals surface area (Å²) >= 11 is 6.05. The van der Waals surface area contributed by atoms with Gasteiger partial charge >= 0.3 is 0 Å². The van der Waals surface area contributed by atoms with Crippen molar-refractivity contribution in [1.29, 1.82) is 0 Å². The molecule has 0 radical (unpaired) electrons. The molecule has 0 aliphatic carbocycles. The zero-order chi connectivity index (χ0) is 13.0. The molecule has 3 nitrogen and oxygen atoms in total. The van der Waals surface area contributed by atoms with Crippen molar-refractivity contribution < 1.29 is 9.52 Å². The Hall–Kier alpha value is -1.29. The SMILES string of the molecule is CN(Cc1ccco1)C[C@H](O)c1ccccc1Cl. The van der Waals surface area contributed by atoms with Gasteiger partial charge in [0.05, 0.1) is 18.9 Å². The first-order valence-electron chi connectivity index (χ1n) is 5.80. The van der Waals surface area contributed by atoms with Gasteiger partial charge in [-0.1, -0.05) is 29.8 Å². The molecule has 2 aromatic rings. The molecular formula is C14H16ClNO2. The van der Waals surface area contributed by atoms with E-state index in [1.165, 1.54) is 0 Å². The lowest BCUT2D eigenvalue weighted by atomic mass is 10.1. The van der Waals surface area contributed by atoms with Gasteiger partial charge in [0.25, 0.3) is 0 Å². The number of likely N-dealkylation sites (N-methyl/N-ethyl adjacent to an activating group) is 1. The lowest BCUT2D eigenvalue weighted by Gasteiger charge is -2.20. The molecule has 0 aliphatic rings. The first-order valence-corrected chi connectivity index (χ1v) is 6.18. The fourth-order valence-corrected chi connectivity index (χ4v) is 2.13. The third-order valence-corrected chi connectivity index (χ3v) is 3.10. The van der Waals surface area contributed by atoms with Crippen molar-refractivity contribution >= 4 is 11.6 Å². The maximum atomic E-state index is 10.1. The average molecular weight is 266 g/mol. The van der Waals surface area contributed by atoms with Crippen molar-refractivity contribution in [1.82, 2.24) is 4.90 Å². The lowest BCUT2D eigenvalue weighted by Crippen LogP contribution is -2.24. The van der Waals surface area contributed by atoms with Crippen LogP contribution in [0.1, 0.15) is 17.4 Å². The summed E-state index contributed by atoms with van der Waals surface area (Å²) < 4.78 is 5.27. The molecule has 1 aromatic carbocycles. The zero-order valence-electron chi connectivity index (χ0n) is 10.2. The van der Waals surface area contributed by atoms with Crippen molar-refractivity contribution in [2.45, 2.75) is 12.6 Å². The number of halogens is 1. The first kappa shape index (κ1) is 13.1. The van der Waals surface area contributed by atoms with Gasteiger partial charge in [-0.25, -0.2) is 0 Å². The summed E-state index contributed by atoms with van der Waals surface area (Å²) in [6.07, 6.45) is 1.05. The van der Waals surface area contributed by atoms with Crippen LogP contribution in [-0.4, -0.2) is 23.6 Å². The topological polar surface area (TPSA) is 36.6 Å². The van der Waals surface area contributed by atoms with Crippen LogP contribution in [-0.2, 0) is 6.54 Å². The molecule has 18 heavy (non-hydrogen) atoms. The van der Waals surface area contributed by atoms with Crippen LogP contribution < -0.4 is 0 Å². The molecule has 0 spiro atoms. The molecule has 0 unspecified atom stereocenters. The van der Waals surface area contributed by atoms with Gasteiger partial charge in [-0.2, -0.15) is 0 Å². The Labute approximate surface area is 112 Å². The third-order valence-electron chi connectivity index (χ3n) is 2.75. The summed E-state index contributed by atoms with van der Waals surface area (Å²) in [4.78, 5) is 1.99. The van der Waals surface area contributed by atoms with Crippen molar-refractivity contribution in [3.8, 4) is 0 Å². The minimum atomic E-state index is -0.598. The molecule has 1 aromatic heterocycles. The second kappa shape index (κ2) is 6.05. The van der Waals surface area contributed by atoms with E-state index in [1.807, 2.05) is 42.3 Å². The number of nitrogens with zero attached hydrogens (tertiary/aromatic N) is 1. The van der Waals surface area contributed by atoms with Crippen LogP contribution in [0.4, 0.5) is 0 Å². The summed E-state index contributed by atoms with van der Waals surface area (Å²) in [5.74, 6) is 0.879. The van der Waals surface area contributed by atoms with Gasteiger partial charge < -0.3 is 9.52 Å². The fourth-order valence-electron chi connectivity index (χ4n) is 1.87. The summed E-state index contributed by atoms with van der Waals surface area (Å²) in [6.45, 7) is 1.17. The molecule has 0 amide bonds. The third kappa shape index (κ3) is 3.35. The highest BCUT2D eigenvalue weighted by Crippen LogP contribution is 2.23. The minimum absolute atomic E-state index is 0.504. The van der Waals surface area contributed by atoms with E-state index in [-0.39, 0.29) is 0 Å². The Morgan fingerprint density at radius 1 is 1.28 bits per heavy atom. The number of aliphatic hydroxyl groups excluding tert-OH is 1. The van der Waals surface area contributed by atoms with Crippen LogP contribution in [0.15, 0.2) is 47.1 Å². The van der Waals surface area contributed by atoms with Gasteiger partial charge in [-0.15, -0.1) is 0 Å². The van der Waals surface area contributed by atoms with E-state index in [1.54, 1.807) is 12.3 Å². The Kier molecular flexibility index (Phi) is 4.42. The Morgan fingerprint density at radius 2 is 2.06 bits per heavy atom. The quantitative estimate of drug-likeness (QED) is 0.903. The average Bonchev–Trinajstić information content (AvgIpc) is 2.82. The van der Waals surface area contributed by atoms with Crippen LogP contribution in [0, 0.1) is 0 Å². The Balaban J connectivity index is 1.95. The van der Waals surface area contributed by atoms with Crippen molar-refractivity contribution in [2.24, 2.45) is 0 Å². The number of aliphatic hydroxyl groups is 1. The number of hydrogen-bond donors (Lipinski definition) is 1. The van der Waals surface area contributed by atoms with Gasteiger partial charge in [0.15, 0.2) is 0 Å². The van der Waals surface area contributed by atoms with Gasteiger partial charge in [-0.3, -0.25) is 4.90 Å². The Bertz CT molecular complexity index is 484. The molecule has 4 heteroatoms. The highest BCUT2D eigenvalue weighted by atomic mass is 35.5. The van der Waals surface area contributed by atoms with E-state index in [2.05, 4.69) is 0 Å². The van der Waals surface area contributed by atoms with E-state index in [0.717, 1.165) is 11.3 Å². The molecule has 0 fully saturated rings. The van der Waals surface area contributed by atoms with Gasteiger partial charge in [0.1, 0.15) is 5.76 Å². The molecule has 0 saturated heterocycles. The fraction of sp³-hybridized carbons (Fsp3) is 0.286. The van der Waals surface area contributed by atoms with Gasteiger partial charge in [0, 0.05) is 17.1 Å². The number of benzene rings is 1. The van der Waals surface area contributed by atoms with Crippen LogP contribution in [0.2, 0.25) is 5.02 Å². The maximum Gasteiger partial charge on any atom is 0.117 e. The van der Waals surface area contributed by atoms with E-state index >= 15 is 0 Å². The number of rotatable bonds is 5. The van der Waals surface area contributed by atoms with Gasteiger partial charge in [-0.05, 0) is 25.2 Å². The molecule has 1 atom stereocenters. The summed E-state index contributed by atoms with van der Waals surface area (Å²) in [5.41, 5.74) is 0.755. The predicted molar refractivity (Wildman–Crippen MR) is 71.5 cm³/mol. The van der Waals surface area contributed by atoms with Crippen molar-refractivity contribution in [2.75, 3.05) is 13.6 Å². The molecule has 96 valence electrons. The molecule has 2 rings (SSSR count). The van der Waals surface area contributed by atoms with Gasteiger partial charge in [0.2, 0.25) is 0 Å². The molecule has 1 heterocycles. The summed E-state index contributed by atoms with van der Waals surface area (Å²) in [6, 6.07) is 11.1. The van der Waals surface area contributed by atoms with Crippen LogP contribution in [0.3, 0.4) is 0 Å². The second-order valence-electron chi connectivity index (χ2n) is 4.31. The van der Waals surface area contributed by atoms with Crippen LogP contribution in [0.5, 0.6) is 0 Å². The van der Waals surface area contributed by atoms with Crippen LogP contribution in [0.25, 0.3) is 0 Å². The Morgan fingerprint density at radius 3 is 2.72 bits per heavy atom. The molecule has 1 N–H and O–H groups in total. The van der Waals surface area contributed by atoms with Crippen molar-refractivity contribution in [3.63, 3.8) is 0 Å². The highest BCUT2D eigenvalue weighted by molar-refractivity contribution is 6.31. The zero-order valence-corrected chi connectivity index (χ0v) is 11.0. The van der Waals surface area contributed by atoms with Crippen molar-refractivity contribution in [3.05, 3.63) is 59.0 Å². The first-order chi connectivity index (χ1) is 8.66. The smallest absolute Gasteiger partial charge is 0.117 e. The molecule has 0 bridgehead atoms. The van der Waals surface area contributed by atoms with E-state index in [9.17, 15) is 5.11 Å². The predicted octanol–water partition coefficient (Wildman–Crippen LogP) is 3.10. The summed E-state index contributed by atoms with van der Waals surface area (Å²) in [5, 5.41) is 10.7. The molecule has 0 saturated carbocycles. The van der Waals surface area contributed by atoms with E-state index in [0.29, 0.717) is 18.1 Å². The maximum absolute atomic E-state index is 10.1. The molecular weight excluding hydrogens is 250 g/mol. The largest absolute Gasteiger partial charge is 0.468 e. The lowest BCUT2D eigenvalue weighted by molar-refractivity contribution is 0.120. The summed E-state index contributed by atoms with van der Waals surface area (Å²) in [7, 11) is 1.93. The molecule has 0 aliphatic heterocycles. The highest BCUT2D eigenvalue weighted by Gasteiger charge is 2.14. The normalized spacial score (nSPS) is 12.9. The van der Waals surface area contributed by atoms with Crippen LogP contribution >= 0.6 is 11.6 Å². The number of hydrogen-bond acceptors (Lipinski definition) is 3. The monoisotopic (exact) mass is 265 g/mol. The van der Waals surface area contributed by atoms with E-state index in [4.69, 9.17) is 16.0 Å². The van der Waals surface area contributed by atoms with E-state index < -0.39 is 6.10 Å². The number of furan rings is 1. The second-order valence-corrected chi connectivity index (χ2v) is 4.72.